The summed E-state index contributed by atoms with van der Waals surface area (Å²) in [5, 5.41) is 13.7. The van der Waals surface area contributed by atoms with Crippen LogP contribution in [0.2, 0.25) is 0 Å². The number of hydrogen-bond acceptors (Lipinski definition) is 7. The number of aliphatic carboxylic acids is 1. The standard InChI is InChI=1S/C38H33N3O7/c1-40-32(35(44)48-3)31(34(42)43)38(33(40)27-12-8-5-9-13-27)29-22-25(15-14-24-16-19-28(47-2)20-17-24)18-21-30(29)41(36(38)45)37(46)39-23-26-10-6-4-7-11-26/h4-13,16-22,31-33H,23H2,1-3H3,(H,39,46)(H,42,43)/t31-,32+,33-,38?/m1/s1. The number of carbonyl (C=O) groups is 4. The Morgan fingerprint density at radius 3 is 2.12 bits per heavy atom. The molecule has 0 aromatic heterocycles. The number of anilines is 1. The molecular weight excluding hydrogens is 610 g/mol. The summed E-state index contributed by atoms with van der Waals surface area (Å²) in [4.78, 5) is 58.3. The van der Waals surface area contributed by atoms with Crippen molar-refractivity contribution in [1.82, 2.24) is 10.2 Å². The summed E-state index contributed by atoms with van der Waals surface area (Å²) in [6, 6.07) is 27.2. The first-order valence-electron chi connectivity index (χ1n) is 15.3. The Balaban J connectivity index is 1.55. The van der Waals surface area contributed by atoms with Crippen LogP contribution in [0, 0.1) is 17.8 Å². The van der Waals surface area contributed by atoms with Gasteiger partial charge in [-0.15, -0.1) is 0 Å². The largest absolute Gasteiger partial charge is 0.497 e. The number of benzene rings is 4. The molecule has 1 saturated heterocycles. The fourth-order valence-corrected chi connectivity index (χ4v) is 7.01. The van der Waals surface area contributed by atoms with E-state index in [0.29, 0.717) is 22.4 Å². The molecule has 2 N–H and O–H groups in total. The first-order valence-corrected chi connectivity index (χ1v) is 15.3. The molecule has 48 heavy (non-hydrogen) atoms. The number of rotatable bonds is 6. The molecule has 10 nitrogen and oxygen atoms in total. The van der Waals surface area contributed by atoms with Gasteiger partial charge in [0.05, 0.1) is 25.9 Å². The predicted octanol–water partition coefficient (Wildman–Crippen LogP) is 4.52. The number of likely N-dealkylation sites (N-methyl/N-ethyl adjacent to an activating group) is 1. The number of carboxylic acids is 1. The molecule has 0 radical (unpaired) electrons. The smallest absolute Gasteiger partial charge is 0.329 e. The van der Waals surface area contributed by atoms with Crippen LogP contribution in [0.5, 0.6) is 5.75 Å². The van der Waals surface area contributed by atoms with Crippen LogP contribution >= 0.6 is 0 Å². The van der Waals surface area contributed by atoms with Crippen molar-refractivity contribution in [2.24, 2.45) is 5.92 Å². The van der Waals surface area contributed by atoms with Crippen LogP contribution < -0.4 is 15.0 Å². The third-order valence-corrected chi connectivity index (χ3v) is 9.08. The molecular formula is C38H33N3O7. The molecule has 1 fully saturated rings. The first-order chi connectivity index (χ1) is 23.2. The number of carboxylic acid groups (broad SMARTS) is 1. The van der Waals surface area contributed by atoms with Crippen molar-refractivity contribution in [2.45, 2.75) is 24.0 Å². The lowest BCUT2D eigenvalue weighted by Gasteiger charge is -2.35. The van der Waals surface area contributed by atoms with E-state index in [4.69, 9.17) is 9.47 Å². The Morgan fingerprint density at radius 1 is 0.875 bits per heavy atom. The van der Waals surface area contributed by atoms with E-state index in [2.05, 4.69) is 17.2 Å². The maximum absolute atomic E-state index is 15.1. The molecule has 1 unspecified atom stereocenters. The second kappa shape index (κ2) is 13.1. The highest BCUT2D eigenvalue weighted by molar-refractivity contribution is 6.24. The van der Waals surface area contributed by atoms with Crippen molar-refractivity contribution in [3.05, 3.63) is 131 Å². The molecule has 1 spiro atoms. The SMILES string of the molecule is COC(=O)[C@@H]1[C@H](C(=O)O)C2(C(=O)N(C(=O)NCc3ccccc3)c3ccc(C#Cc4ccc(OC)cc4)cc32)[C@@H](c2ccccc2)N1C. The normalized spacial score (nSPS) is 21.3. The summed E-state index contributed by atoms with van der Waals surface area (Å²) in [5.74, 6) is 2.34. The van der Waals surface area contributed by atoms with E-state index in [1.807, 2.05) is 42.5 Å². The second-order valence-electron chi connectivity index (χ2n) is 11.6. The summed E-state index contributed by atoms with van der Waals surface area (Å²) in [5.41, 5.74) is 1.18. The summed E-state index contributed by atoms with van der Waals surface area (Å²) in [6.45, 7) is 0.131. The number of methoxy groups -OCH3 is 2. The average molecular weight is 644 g/mol. The van der Waals surface area contributed by atoms with Gasteiger partial charge < -0.3 is 19.9 Å². The van der Waals surface area contributed by atoms with Crippen LogP contribution in [0.25, 0.3) is 0 Å². The van der Waals surface area contributed by atoms with E-state index >= 15 is 4.79 Å². The van der Waals surface area contributed by atoms with Gasteiger partial charge in [0.1, 0.15) is 23.1 Å². The summed E-state index contributed by atoms with van der Waals surface area (Å²) >= 11 is 0. The van der Waals surface area contributed by atoms with Crippen LogP contribution in [-0.2, 0) is 31.1 Å². The third kappa shape index (κ3) is 5.34. The number of fused-ring (bicyclic) bond motifs is 2. The number of carbonyl (C=O) groups excluding carboxylic acids is 3. The van der Waals surface area contributed by atoms with E-state index in [9.17, 15) is 19.5 Å². The van der Waals surface area contributed by atoms with E-state index < -0.39 is 47.3 Å². The highest BCUT2D eigenvalue weighted by Gasteiger charge is 2.72. The predicted molar refractivity (Wildman–Crippen MR) is 177 cm³/mol. The van der Waals surface area contributed by atoms with Crippen molar-refractivity contribution in [1.29, 1.82) is 0 Å². The van der Waals surface area contributed by atoms with Gasteiger partial charge in [0.25, 0.3) is 0 Å². The van der Waals surface area contributed by atoms with Gasteiger partial charge in [-0.05, 0) is 66.2 Å². The first kappa shape index (κ1) is 32.0. The van der Waals surface area contributed by atoms with Crippen molar-refractivity contribution >= 4 is 29.6 Å². The fraction of sp³-hybridized carbons (Fsp3) is 0.211. The number of imide groups is 1. The maximum atomic E-state index is 15.1. The minimum Gasteiger partial charge on any atom is -0.497 e. The number of esters is 1. The Hall–Kier alpha value is -5.92. The molecule has 6 rings (SSSR count). The van der Waals surface area contributed by atoms with E-state index in [1.165, 1.54) is 7.11 Å². The van der Waals surface area contributed by atoms with Crippen LogP contribution in [0.4, 0.5) is 10.5 Å². The van der Waals surface area contributed by atoms with Gasteiger partial charge >= 0.3 is 18.0 Å². The zero-order chi connectivity index (χ0) is 34.0. The van der Waals surface area contributed by atoms with Gasteiger partial charge in [-0.3, -0.25) is 19.3 Å². The summed E-state index contributed by atoms with van der Waals surface area (Å²) in [6.07, 6.45) is 0. The van der Waals surface area contributed by atoms with Gasteiger partial charge in [0.2, 0.25) is 5.91 Å². The van der Waals surface area contributed by atoms with E-state index in [0.717, 1.165) is 10.5 Å². The Labute approximate surface area is 277 Å². The molecule has 0 aliphatic carbocycles. The monoisotopic (exact) mass is 643 g/mol. The third-order valence-electron chi connectivity index (χ3n) is 9.08. The van der Waals surface area contributed by atoms with Gasteiger partial charge in [0.15, 0.2) is 0 Å². The minimum absolute atomic E-state index is 0.131. The van der Waals surface area contributed by atoms with Crippen LogP contribution in [0.15, 0.2) is 103 Å². The number of amides is 3. The zero-order valence-electron chi connectivity index (χ0n) is 26.5. The molecule has 2 heterocycles. The molecule has 0 bridgehead atoms. The molecule has 2 aliphatic heterocycles. The van der Waals surface area contributed by atoms with E-state index in [-0.39, 0.29) is 17.8 Å². The quantitative estimate of drug-likeness (QED) is 0.232. The van der Waals surface area contributed by atoms with Crippen LogP contribution in [0.1, 0.15) is 33.9 Å². The lowest BCUT2D eigenvalue weighted by Crippen LogP contribution is -2.54. The number of hydrogen-bond donors (Lipinski definition) is 2. The summed E-state index contributed by atoms with van der Waals surface area (Å²) < 4.78 is 10.3. The maximum Gasteiger partial charge on any atom is 0.329 e. The fourth-order valence-electron chi connectivity index (χ4n) is 7.01. The van der Waals surface area contributed by atoms with Gasteiger partial charge in [-0.1, -0.05) is 72.5 Å². The molecule has 4 aromatic carbocycles. The number of nitrogens with zero attached hydrogens (tertiary/aromatic N) is 2. The van der Waals surface area contributed by atoms with Gasteiger partial charge in [-0.2, -0.15) is 0 Å². The average Bonchev–Trinajstić information content (AvgIpc) is 3.54. The molecule has 2 aliphatic rings. The van der Waals surface area contributed by atoms with Crippen molar-refractivity contribution < 1.29 is 33.8 Å². The molecule has 242 valence electrons. The Bertz CT molecular complexity index is 1940. The van der Waals surface area contributed by atoms with Crippen molar-refractivity contribution in [2.75, 3.05) is 26.2 Å². The topological polar surface area (TPSA) is 125 Å². The number of ether oxygens (including phenoxy) is 2. The lowest BCUT2D eigenvalue weighted by atomic mass is 9.65. The number of nitrogens with one attached hydrogen (secondary N) is 1. The highest BCUT2D eigenvalue weighted by atomic mass is 16.5. The van der Waals surface area contributed by atoms with Crippen molar-refractivity contribution in [3.63, 3.8) is 0 Å². The molecule has 4 aromatic rings. The van der Waals surface area contributed by atoms with Crippen molar-refractivity contribution in [3.8, 4) is 17.6 Å². The Kier molecular flexibility index (Phi) is 8.72. The minimum atomic E-state index is -1.92. The zero-order valence-corrected chi connectivity index (χ0v) is 26.5. The number of likely N-dealkylation sites (tertiary alicyclic amines) is 1. The van der Waals surface area contributed by atoms with Crippen LogP contribution in [-0.4, -0.2) is 61.2 Å². The van der Waals surface area contributed by atoms with Gasteiger partial charge in [-0.25, -0.2) is 9.69 Å². The molecule has 4 atom stereocenters. The number of urea groups is 1. The molecule has 10 heteroatoms. The Morgan fingerprint density at radius 2 is 1.50 bits per heavy atom. The highest BCUT2D eigenvalue weighted by Crippen LogP contribution is 2.61. The lowest BCUT2D eigenvalue weighted by molar-refractivity contribution is -0.155. The summed E-state index contributed by atoms with van der Waals surface area (Å²) in [7, 11) is 4.35. The van der Waals surface area contributed by atoms with Crippen LogP contribution in [0.3, 0.4) is 0 Å². The van der Waals surface area contributed by atoms with E-state index in [1.54, 1.807) is 79.7 Å². The molecule has 3 amide bonds. The molecule has 0 saturated carbocycles. The van der Waals surface area contributed by atoms with Gasteiger partial charge in [0, 0.05) is 17.7 Å². The second-order valence-corrected chi connectivity index (χ2v) is 11.6.